The number of aromatic nitrogens is 2. The number of esters is 1. The number of methoxy groups -OCH3 is 1. The summed E-state index contributed by atoms with van der Waals surface area (Å²) in [5.74, 6) is 0.705. The van der Waals surface area contributed by atoms with Gasteiger partial charge in [0.1, 0.15) is 6.04 Å². The molecule has 1 atom stereocenters. The van der Waals surface area contributed by atoms with Gasteiger partial charge in [0.2, 0.25) is 11.8 Å². The quantitative estimate of drug-likeness (QED) is 0.820. The van der Waals surface area contributed by atoms with Gasteiger partial charge in [-0.1, -0.05) is 32.0 Å². The van der Waals surface area contributed by atoms with Gasteiger partial charge in [0.15, 0.2) is 0 Å². The van der Waals surface area contributed by atoms with Crippen LogP contribution in [0.5, 0.6) is 0 Å². The van der Waals surface area contributed by atoms with Gasteiger partial charge in [-0.25, -0.2) is 0 Å². The SMILES string of the molecule is COC(=O)C(NCc1nnc(-c2ccccc2)o1)C(C)C. The molecular weight excluding hydrogens is 270 g/mol. The first-order chi connectivity index (χ1) is 10.1. The molecule has 0 radical (unpaired) electrons. The number of carbonyl (C=O) groups excluding carboxylic acids is 1. The second-order valence-corrected chi connectivity index (χ2v) is 4.99. The van der Waals surface area contributed by atoms with E-state index in [0.717, 1.165) is 5.56 Å². The predicted molar refractivity (Wildman–Crippen MR) is 77.2 cm³/mol. The first-order valence-electron chi connectivity index (χ1n) is 6.81. The minimum atomic E-state index is -0.401. The first kappa shape index (κ1) is 15.2. The molecule has 112 valence electrons. The van der Waals surface area contributed by atoms with Crippen LogP contribution in [0.2, 0.25) is 0 Å². The molecule has 0 bridgehead atoms. The fourth-order valence-electron chi connectivity index (χ4n) is 1.94. The molecule has 0 aliphatic heterocycles. The first-order valence-corrected chi connectivity index (χ1v) is 6.81. The van der Waals surface area contributed by atoms with Gasteiger partial charge in [-0.15, -0.1) is 10.2 Å². The lowest BCUT2D eigenvalue weighted by Gasteiger charge is -2.18. The normalized spacial score (nSPS) is 12.4. The molecule has 1 N–H and O–H groups in total. The van der Waals surface area contributed by atoms with Gasteiger partial charge in [-0.3, -0.25) is 10.1 Å². The van der Waals surface area contributed by atoms with Crippen molar-refractivity contribution in [2.75, 3.05) is 7.11 Å². The highest BCUT2D eigenvalue weighted by molar-refractivity contribution is 5.75. The Bertz CT molecular complexity index is 581. The van der Waals surface area contributed by atoms with E-state index >= 15 is 0 Å². The summed E-state index contributed by atoms with van der Waals surface area (Å²) in [7, 11) is 1.37. The van der Waals surface area contributed by atoms with E-state index in [-0.39, 0.29) is 11.9 Å². The summed E-state index contributed by atoms with van der Waals surface area (Å²) in [6.45, 7) is 4.20. The summed E-state index contributed by atoms with van der Waals surface area (Å²) in [5, 5.41) is 11.1. The summed E-state index contributed by atoms with van der Waals surface area (Å²) in [6.07, 6.45) is 0. The van der Waals surface area contributed by atoms with Crippen LogP contribution in [0.3, 0.4) is 0 Å². The Kier molecular flexibility index (Phi) is 5.05. The molecule has 0 saturated carbocycles. The maximum absolute atomic E-state index is 11.7. The molecule has 0 aliphatic rings. The number of hydrogen-bond donors (Lipinski definition) is 1. The average Bonchev–Trinajstić information content (AvgIpc) is 2.96. The van der Waals surface area contributed by atoms with Crippen LogP contribution in [0.25, 0.3) is 11.5 Å². The van der Waals surface area contributed by atoms with Crippen molar-refractivity contribution < 1.29 is 13.9 Å². The minimum absolute atomic E-state index is 0.106. The van der Waals surface area contributed by atoms with Crippen molar-refractivity contribution >= 4 is 5.97 Å². The fraction of sp³-hybridized carbons (Fsp3) is 0.400. The molecule has 2 rings (SSSR count). The van der Waals surface area contributed by atoms with Gasteiger partial charge >= 0.3 is 5.97 Å². The van der Waals surface area contributed by atoms with Gasteiger partial charge in [0.25, 0.3) is 0 Å². The van der Waals surface area contributed by atoms with Gasteiger partial charge in [-0.2, -0.15) is 0 Å². The summed E-state index contributed by atoms with van der Waals surface area (Å²) < 4.78 is 10.3. The summed E-state index contributed by atoms with van der Waals surface area (Å²) in [5.41, 5.74) is 0.865. The van der Waals surface area contributed by atoms with E-state index < -0.39 is 6.04 Å². The Labute approximate surface area is 123 Å². The van der Waals surface area contributed by atoms with Crippen LogP contribution >= 0.6 is 0 Å². The number of nitrogens with one attached hydrogen (secondary N) is 1. The monoisotopic (exact) mass is 289 g/mol. The Morgan fingerprint density at radius 1 is 1.29 bits per heavy atom. The third-order valence-corrected chi connectivity index (χ3v) is 3.08. The van der Waals surface area contributed by atoms with Gasteiger partial charge in [0, 0.05) is 5.56 Å². The van der Waals surface area contributed by atoms with E-state index in [1.807, 2.05) is 44.2 Å². The summed E-state index contributed by atoms with van der Waals surface area (Å²) >= 11 is 0. The smallest absolute Gasteiger partial charge is 0.323 e. The van der Waals surface area contributed by atoms with E-state index in [1.165, 1.54) is 7.11 Å². The molecule has 1 unspecified atom stereocenters. The van der Waals surface area contributed by atoms with Crippen molar-refractivity contribution in [1.82, 2.24) is 15.5 Å². The second-order valence-electron chi connectivity index (χ2n) is 4.99. The third kappa shape index (κ3) is 3.88. The van der Waals surface area contributed by atoms with Gasteiger partial charge in [0.05, 0.1) is 13.7 Å². The number of carbonyl (C=O) groups is 1. The molecule has 0 amide bonds. The van der Waals surface area contributed by atoms with Crippen LogP contribution in [-0.4, -0.2) is 29.3 Å². The largest absolute Gasteiger partial charge is 0.468 e. The van der Waals surface area contributed by atoms with E-state index in [9.17, 15) is 4.79 Å². The number of nitrogens with zero attached hydrogens (tertiary/aromatic N) is 2. The van der Waals surface area contributed by atoms with Crippen molar-refractivity contribution in [1.29, 1.82) is 0 Å². The van der Waals surface area contributed by atoms with Gasteiger partial charge < -0.3 is 9.15 Å². The van der Waals surface area contributed by atoms with E-state index in [1.54, 1.807) is 0 Å². The van der Waals surface area contributed by atoms with Crippen molar-refractivity contribution in [3.8, 4) is 11.5 Å². The maximum Gasteiger partial charge on any atom is 0.323 e. The molecule has 2 aromatic rings. The molecule has 0 aliphatic carbocycles. The molecule has 1 aromatic carbocycles. The second kappa shape index (κ2) is 6.99. The number of ether oxygens (including phenoxy) is 1. The topological polar surface area (TPSA) is 77.2 Å². The molecule has 0 fully saturated rings. The van der Waals surface area contributed by atoms with Crippen molar-refractivity contribution in [3.63, 3.8) is 0 Å². The Morgan fingerprint density at radius 2 is 2.00 bits per heavy atom. The lowest BCUT2D eigenvalue weighted by atomic mass is 10.1. The number of benzene rings is 1. The Hall–Kier alpha value is -2.21. The Balaban J connectivity index is 2.01. The fourth-order valence-corrected chi connectivity index (χ4v) is 1.94. The maximum atomic E-state index is 11.7. The molecule has 0 saturated heterocycles. The lowest BCUT2D eigenvalue weighted by molar-refractivity contribution is -0.144. The van der Waals surface area contributed by atoms with Crippen LogP contribution < -0.4 is 5.32 Å². The van der Waals surface area contributed by atoms with E-state index in [0.29, 0.717) is 18.3 Å². The Morgan fingerprint density at radius 3 is 2.62 bits per heavy atom. The van der Waals surface area contributed by atoms with E-state index in [4.69, 9.17) is 9.15 Å². The number of hydrogen-bond acceptors (Lipinski definition) is 6. The predicted octanol–water partition coefficient (Wildman–Crippen LogP) is 2.02. The lowest BCUT2D eigenvalue weighted by Crippen LogP contribution is -2.41. The highest BCUT2D eigenvalue weighted by Gasteiger charge is 2.23. The van der Waals surface area contributed by atoms with Crippen LogP contribution in [-0.2, 0) is 16.1 Å². The average molecular weight is 289 g/mol. The molecular formula is C15H19N3O3. The molecule has 6 heteroatoms. The molecule has 21 heavy (non-hydrogen) atoms. The molecule has 0 spiro atoms. The van der Waals surface area contributed by atoms with Crippen molar-refractivity contribution in [3.05, 3.63) is 36.2 Å². The number of rotatable bonds is 6. The zero-order valence-corrected chi connectivity index (χ0v) is 12.4. The molecule has 1 aromatic heterocycles. The highest BCUT2D eigenvalue weighted by atomic mass is 16.5. The van der Waals surface area contributed by atoms with Crippen molar-refractivity contribution in [2.45, 2.75) is 26.4 Å². The zero-order chi connectivity index (χ0) is 15.2. The zero-order valence-electron chi connectivity index (χ0n) is 12.4. The van der Waals surface area contributed by atoms with Crippen LogP contribution in [0.1, 0.15) is 19.7 Å². The summed E-state index contributed by atoms with van der Waals surface area (Å²) in [4.78, 5) is 11.7. The van der Waals surface area contributed by atoms with E-state index in [2.05, 4.69) is 15.5 Å². The summed E-state index contributed by atoms with van der Waals surface area (Å²) in [6, 6.07) is 9.13. The molecule has 1 heterocycles. The van der Waals surface area contributed by atoms with Gasteiger partial charge in [-0.05, 0) is 18.1 Å². The van der Waals surface area contributed by atoms with Crippen molar-refractivity contribution in [2.24, 2.45) is 5.92 Å². The van der Waals surface area contributed by atoms with Crippen LogP contribution in [0.15, 0.2) is 34.7 Å². The van der Waals surface area contributed by atoms with Crippen LogP contribution in [0.4, 0.5) is 0 Å². The molecule has 6 nitrogen and oxygen atoms in total. The minimum Gasteiger partial charge on any atom is -0.468 e. The van der Waals surface area contributed by atoms with Crippen LogP contribution in [0, 0.1) is 5.92 Å². The standard InChI is InChI=1S/C15H19N3O3/c1-10(2)13(15(19)20-3)16-9-12-17-18-14(21-12)11-7-5-4-6-8-11/h4-8,10,13,16H,9H2,1-3H3. The highest BCUT2D eigenvalue weighted by Crippen LogP contribution is 2.17. The third-order valence-electron chi connectivity index (χ3n) is 3.08.